The zero-order valence-corrected chi connectivity index (χ0v) is 10.6. The minimum absolute atomic E-state index is 0.0504. The third kappa shape index (κ3) is 3.98. The maximum atomic E-state index is 13.0. The van der Waals surface area contributed by atoms with Crippen molar-refractivity contribution in [3.8, 4) is 0 Å². The number of sulfonamides is 1. The number of nitrogens with one attached hydrogen (secondary N) is 1. The summed E-state index contributed by atoms with van der Waals surface area (Å²) < 4.78 is 39.0. The van der Waals surface area contributed by atoms with Gasteiger partial charge in [0.1, 0.15) is 10.7 Å². The fourth-order valence-corrected chi connectivity index (χ4v) is 2.61. The number of unbranched alkanes of at least 4 members (excludes halogenated alkanes) is 2. The molecule has 0 bridgehead atoms. The molecule has 1 aromatic carbocycles. The molecular weight excluding hydrogens is 243 g/mol. The van der Waals surface area contributed by atoms with E-state index in [0.717, 1.165) is 31.4 Å². The molecule has 0 amide bonds. The summed E-state index contributed by atoms with van der Waals surface area (Å²) in [6, 6.07) is 3.30. The average Bonchev–Trinajstić information content (AvgIpc) is 2.28. The largest absolute Gasteiger partial charge is 0.398 e. The average molecular weight is 260 g/mol. The minimum Gasteiger partial charge on any atom is -0.398 e. The molecule has 0 aliphatic rings. The van der Waals surface area contributed by atoms with Crippen LogP contribution in [0, 0.1) is 5.82 Å². The van der Waals surface area contributed by atoms with E-state index in [1.165, 1.54) is 6.07 Å². The zero-order chi connectivity index (χ0) is 12.9. The number of nitrogen functional groups attached to an aromatic ring is 1. The quantitative estimate of drug-likeness (QED) is 0.606. The molecular formula is C11H17FN2O2S. The summed E-state index contributed by atoms with van der Waals surface area (Å²) in [5.74, 6) is -0.617. The Hall–Kier alpha value is -1.14. The van der Waals surface area contributed by atoms with Crippen molar-refractivity contribution in [3.63, 3.8) is 0 Å². The fourth-order valence-electron chi connectivity index (χ4n) is 1.40. The van der Waals surface area contributed by atoms with Gasteiger partial charge in [-0.05, 0) is 24.6 Å². The molecule has 1 rings (SSSR count). The first-order chi connectivity index (χ1) is 7.97. The van der Waals surface area contributed by atoms with Crippen molar-refractivity contribution in [1.29, 1.82) is 0 Å². The summed E-state index contributed by atoms with van der Waals surface area (Å²) in [5.41, 5.74) is 5.57. The Morgan fingerprint density at radius 3 is 2.71 bits per heavy atom. The number of anilines is 1. The molecule has 4 nitrogen and oxygen atoms in total. The van der Waals surface area contributed by atoms with Gasteiger partial charge in [0.15, 0.2) is 0 Å². The topological polar surface area (TPSA) is 72.2 Å². The van der Waals surface area contributed by atoms with Crippen LogP contribution in [-0.4, -0.2) is 15.0 Å². The van der Waals surface area contributed by atoms with Gasteiger partial charge in [0, 0.05) is 6.54 Å². The van der Waals surface area contributed by atoms with E-state index in [9.17, 15) is 12.8 Å². The van der Waals surface area contributed by atoms with Crippen molar-refractivity contribution in [3.05, 3.63) is 24.0 Å². The van der Waals surface area contributed by atoms with Crippen molar-refractivity contribution < 1.29 is 12.8 Å². The molecule has 0 aliphatic heterocycles. The Morgan fingerprint density at radius 2 is 2.06 bits per heavy atom. The normalized spacial score (nSPS) is 11.6. The van der Waals surface area contributed by atoms with Crippen molar-refractivity contribution in [2.45, 2.75) is 31.1 Å². The molecule has 0 saturated heterocycles. The van der Waals surface area contributed by atoms with Crippen molar-refractivity contribution in [2.24, 2.45) is 0 Å². The molecule has 0 fully saturated rings. The van der Waals surface area contributed by atoms with Crippen LogP contribution in [0.5, 0.6) is 0 Å². The molecule has 0 unspecified atom stereocenters. The number of hydrogen-bond donors (Lipinski definition) is 2. The molecule has 0 atom stereocenters. The molecule has 0 aliphatic carbocycles. The predicted molar refractivity (Wildman–Crippen MR) is 65.5 cm³/mol. The van der Waals surface area contributed by atoms with E-state index in [1.54, 1.807) is 0 Å². The molecule has 0 aromatic heterocycles. The number of rotatable bonds is 6. The van der Waals surface area contributed by atoms with Crippen molar-refractivity contribution in [2.75, 3.05) is 12.3 Å². The van der Waals surface area contributed by atoms with E-state index in [1.807, 2.05) is 6.92 Å². The Labute approximate surface area is 101 Å². The van der Waals surface area contributed by atoms with Gasteiger partial charge in [0.2, 0.25) is 10.0 Å². The molecule has 1 aromatic rings. The van der Waals surface area contributed by atoms with Gasteiger partial charge in [-0.1, -0.05) is 19.8 Å². The van der Waals surface area contributed by atoms with E-state index in [4.69, 9.17) is 5.73 Å². The highest BCUT2D eigenvalue weighted by atomic mass is 32.2. The maximum absolute atomic E-state index is 13.0. The third-order valence-corrected chi connectivity index (χ3v) is 3.85. The lowest BCUT2D eigenvalue weighted by atomic mass is 10.3. The predicted octanol–water partition coefficient (Wildman–Crippen LogP) is 1.88. The molecule has 0 spiro atoms. The van der Waals surface area contributed by atoms with Crippen LogP contribution in [0.2, 0.25) is 0 Å². The molecule has 3 N–H and O–H groups in total. The van der Waals surface area contributed by atoms with Crippen molar-refractivity contribution in [1.82, 2.24) is 4.72 Å². The van der Waals surface area contributed by atoms with Gasteiger partial charge in [-0.25, -0.2) is 17.5 Å². The lowest BCUT2D eigenvalue weighted by Crippen LogP contribution is -2.25. The Bertz CT molecular complexity index is 474. The van der Waals surface area contributed by atoms with Crippen LogP contribution in [0.25, 0.3) is 0 Å². The van der Waals surface area contributed by atoms with Crippen LogP contribution in [0.3, 0.4) is 0 Å². The first-order valence-electron chi connectivity index (χ1n) is 5.52. The third-order valence-electron chi connectivity index (χ3n) is 2.34. The lowest BCUT2D eigenvalue weighted by molar-refractivity contribution is 0.573. The monoisotopic (exact) mass is 260 g/mol. The zero-order valence-electron chi connectivity index (χ0n) is 9.74. The Kier molecular flexibility index (Phi) is 4.89. The van der Waals surface area contributed by atoms with Gasteiger partial charge in [-0.3, -0.25) is 0 Å². The number of benzene rings is 1. The van der Waals surface area contributed by atoms with Gasteiger partial charge < -0.3 is 5.73 Å². The van der Waals surface area contributed by atoms with Crippen molar-refractivity contribution >= 4 is 15.7 Å². The highest BCUT2D eigenvalue weighted by Crippen LogP contribution is 2.18. The first-order valence-corrected chi connectivity index (χ1v) is 7.00. The fraction of sp³-hybridized carbons (Fsp3) is 0.455. The molecule has 17 heavy (non-hydrogen) atoms. The van der Waals surface area contributed by atoms with Crippen LogP contribution in [-0.2, 0) is 10.0 Å². The number of nitrogens with two attached hydrogens (primary N) is 1. The van der Waals surface area contributed by atoms with Gasteiger partial charge in [-0.2, -0.15) is 0 Å². The van der Waals surface area contributed by atoms with Crippen LogP contribution in [0.4, 0.5) is 10.1 Å². The standard InChI is InChI=1S/C11H17FN2O2S/c1-2-3-4-7-14-17(15,16)11-8-9(12)5-6-10(11)13/h5-6,8,14H,2-4,7,13H2,1H3. The summed E-state index contributed by atoms with van der Waals surface area (Å²) >= 11 is 0. The molecule has 0 radical (unpaired) electrons. The number of hydrogen-bond acceptors (Lipinski definition) is 3. The first kappa shape index (κ1) is 13.9. The lowest BCUT2D eigenvalue weighted by Gasteiger charge is -2.08. The van der Waals surface area contributed by atoms with Crippen LogP contribution in [0.15, 0.2) is 23.1 Å². The van der Waals surface area contributed by atoms with Gasteiger partial charge in [0.05, 0.1) is 5.69 Å². The smallest absolute Gasteiger partial charge is 0.242 e. The highest BCUT2D eigenvalue weighted by molar-refractivity contribution is 7.89. The summed E-state index contributed by atoms with van der Waals surface area (Å²) in [6.45, 7) is 2.37. The Morgan fingerprint density at radius 1 is 1.35 bits per heavy atom. The van der Waals surface area contributed by atoms with Crippen LogP contribution >= 0.6 is 0 Å². The molecule has 0 heterocycles. The second-order valence-electron chi connectivity index (χ2n) is 3.79. The van der Waals surface area contributed by atoms with E-state index in [2.05, 4.69) is 4.72 Å². The summed E-state index contributed by atoms with van der Waals surface area (Å²) in [4.78, 5) is -0.200. The second kappa shape index (κ2) is 5.97. The van der Waals surface area contributed by atoms with Crippen LogP contribution in [0.1, 0.15) is 26.2 Å². The second-order valence-corrected chi connectivity index (χ2v) is 5.52. The summed E-state index contributed by atoms with van der Waals surface area (Å²) in [7, 11) is -3.71. The summed E-state index contributed by atoms with van der Waals surface area (Å²) in [6.07, 6.45) is 2.70. The van der Waals surface area contributed by atoms with E-state index in [-0.39, 0.29) is 10.6 Å². The number of halogens is 1. The van der Waals surface area contributed by atoms with E-state index < -0.39 is 15.8 Å². The van der Waals surface area contributed by atoms with Gasteiger partial charge in [0.25, 0.3) is 0 Å². The Balaban J connectivity index is 2.79. The minimum atomic E-state index is -3.71. The highest BCUT2D eigenvalue weighted by Gasteiger charge is 2.17. The molecule has 96 valence electrons. The maximum Gasteiger partial charge on any atom is 0.242 e. The SMILES string of the molecule is CCCCCNS(=O)(=O)c1cc(F)ccc1N. The van der Waals surface area contributed by atoms with Crippen LogP contribution < -0.4 is 10.5 Å². The van der Waals surface area contributed by atoms with Gasteiger partial charge in [-0.15, -0.1) is 0 Å². The van der Waals surface area contributed by atoms with E-state index >= 15 is 0 Å². The molecule has 0 saturated carbocycles. The van der Waals surface area contributed by atoms with E-state index in [0.29, 0.717) is 6.54 Å². The molecule has 6 heteroatoms. The van der Waals surface area contributed by atoms with Gasteiger partial charge >= 0.3 is 0 Å². The summed E-state index contributed by atoms with van der Waals surface area (Å²) in [5, 5.41) is 0.